The lowest BCUT2D eigenvalue weighted by molar-refractivity contribution is 0.235. The first-order valence-corrected chi connectivity index (χ1v) is 12.9. The molecule has 0 unspecified atom stereocenters. The molecule has 3 nitrogen and oxygen atoms in total. The summed E-state index contributed by atoms with van der Waals surface area (Å²) in [6.45, 7) is 12.9. The third-order valence-electron chi connectivity index (χ3n) is 6.53. The monoisotopic (exact) mass is 465 g/mol. The van der Waals surface area contributed by atoms with E-state index in [1.807, 2.05) is 0 Å². The molecule has 0 aliphatic heterocycles. The van der Waals surface area contributed by atoms with Crippen molar-refractivity contribution in [3.63, 3.8) is 0 Å². The Balaban J connectivity index is 1.62. The van der Waals surface area contributed by atoms with Crippen LogP contribution in [0.25, 0.3) is 11.4 Å². The Morgan fingerprint density at radius 2 is 1.46 bits per heavy atom. The van der Waals surface area contributed by atoms with Gasteiger partial charge in [0.05, 0.1) is 11.9 Å². The van der Waals surface area contributed by atoms with E-state index in [1.165, 1.54) is 39.9 Å². The Morgan fingerprint density at radius 1 is 0.800 bits per heavy atom. The Bertz CT molecular complexity index is 1170. The zero-order valence-electron chi connectivity index (χ0n) is 21.7. The van der Waals surface area contributed by atoms with Gasteiger partial charge < -0.3 is 4.57 Å². The first kappa shape index (κ1) is 24.9. The van der Waals surface area contributed by atoms with Crippen LogP contribution in [0.15, 0.2) is 85.1 Å². The molecule has 0 aliphatic rings. The summed E-state index contributed by atoms with van der Waals surface area (Å²) in [6.07, 6.45) is 4.28. The van der Waals surface area contributed by atoms with Crippen molar-refractivity contribution in [3.05, 3.63) is 113 Å². The fourth-order valence-corrected chi connectivity index (χ4v) is 4.79. The van der Waals surface area contributed by atoms with Crippen LogP contribution in [0.1, 0.15) is 48.2 Å². The lowest BCUT2D eigenvalue weighted by atomic mass is 10.1. The van der Waals surface area contributed by atoms with Gasteiger partial charge in [0.2, 0.25) is 0 Å². The van der Waals surface area contributed by atoms with Gasteiger partial charge in [-0.25, -0.2) is 4.98 Å². The minimum atomic E-state index is 0.680. The molecule has 0 N–H and O–H groups in total. The van der Waals surface area contributed by atoms with E-state index in [0.29, 0.717) is 5.92 Å². The van der Waals surface area contributed by atoms with E-state index in [1.54, 1.807) is 0 Å². The van der Waals surface area contributed by atoms with Crippen LogP contribution >= 0.6 is 0 Å². The minimum Gasteiger partial charge on any atom is -0.326 e. The van der Waals surface area contributed by atoms with Crippen LogP contribution in [-0.4, -0.2) is 21.0 Å². The van der Waals surface area contributed by atoms with Crippen molar-refractivity contribution < 1.29 is 0 Å². The SMILES string of the molecule is Cc1cc(C)cc(CN(CCC(C)C)Cc2cnc(-c3ccccc3)n2CCc2ccccc2)c1. The third-order valence-corrected chi connectivity index (χ3v) is 6.53. The van der Waals surface area contributed by atoms with Gasteiger partial charge in [-0.3, -0.25) is 4.90 Å². The number of imidazole rings is 1. The number of benzene rings is 3. The number of aromatic nitrogens is 2. The van der Waals surface area contributed by atoms with Crippen molar-refractivity contribution in [2.75, 3.05) is 6.54 Å². The molecule has 0 saturated heterocycles. The van der Waals surface area contributed by atoms with Crippen molar-refractivity contribution in [2.45, 2.75) is 60.2 Å². The van der Waals surface area contributed by atoms with E-state index in [4.69, 9.17) is 4.98 Å². The van der Waals surface area contributed by atoms with E-state index in [2.05, 4.69) is 122 Å². The molecule has 0 aliphatic carbocycles. The molecule has 0 radical (unpaired) electrons. The summed E-state index contributed by atoms with van der Waals surface area (Å²) >= 11 is 0. The van der Waals surface area contributed by atoms with Crippen molar-refractivity contribution >= 4 is 0 Å². The number of aryl methyl sites for hydroxylation is 3. The standard InChI is InChI=1S/C32H39N3/c1-25(2)15-17-34(23-29-20-26(3)19-27(4)21-29)24-31-22-33-32(30-13-9-6-10-14-30)35(31)18-16-28-11-7-5-8-12-28/h5-14,19-22,25H,15-18,23-24H2,1-4H3. The third kappa shape index (κ3) is 7.16. The fourth-order valence-electron chi connectivity index (χ4n) is 4.79. The van der Waals surface area contributed by atoms with Gasteiger partial charge in [0, 0.05) is 25.2 Å². The Labute approximate surface area is 211 Å². The van der Waals surface area contributed by atoms with Crippen molar-refractivity contribution in [3.8, 4) is 11.4 Å². The summed E-state index contributed by atoms with van der Waals surface area (Å²) in [7, 11) is 0. The summed E-state index contributed by atoms with van der Waals surface area (Å²) in [5.74, 6) is 1.74. The van der Waals surface area contributed by atoms with Gasteiger partial charge in [0.1, 0.15) is 5.82 Å². The average Bonchev–Trinajstić information content (AvgIpc) is 3.24. The molecule has 4 aromatic rings. The highest BCUT2D eigenvalue weighted by molar-refractivity contribution is 5.56. The lowest BCUT2D eigenvalue weighted by Gasteiger charge is -2.25. The summed E-state index contributed by atoms with van der Waals surface area (Å²) in [4.78, 5) is 7.51. The smallest absolute Gasteiger partial charge is 0.140 e. The first-order chi connectivity index (χ1) is 17.0. The van der Waals surface area contributed by atoms with Crippen LogP contribution in [0.4, 0.5) is 0 Å². The molecular weight excluding hydrogens is 426 g/mol. The molecule has 0 atom stereocenters. The van der Waals surface area contributed by atoms with Gasteiger partial charge >= 0.3 is 0 Å². The molecule has 0 amide bonds. The quantitative estimate of drug-likeness (QED) is 0.229. The highest BCUT2D eigenvalue weighted by atomic mass is 15.2. The van der Waals surface area contributed by atoms with Crippen LogP contribution in [0.5, 0.6) is 0 Å². The maximum Gasteiger partial charge on any atom is 0.140 e. The van der Waals surface area contributed by atoms with Gasteiger partial charge in [0.25, 0.3) is 0 Å². The van der Waals surface area contributed by atoms with Crippen LogP contribution in [-0.2, 0) is 26.1 Å². The molecule has 35 heavy (non-hydrogen) atoms. The molecule has 3 aromatic carbocycles. The molecule has 3 heteroatoms. The molecule has 1 aromatic heterocycles. The summed E-state index contributed by atoms with van der Waals surface area (Å²) in [5.41, 5.74) is 7.89. The highest BCUT2D eigenvalue weighted by Gasteiger charge is 2.16. The van der Waals surface area contributed by atoms with Crippen molar-refractivity contribution in [1.82, 2.24) is 14.5 Å². The molecule has 0 bridgehead atoms. The first-order valence-electron chi connectivity index (χ1n) is 12.9. The van der Waals surface area contributed by atoms with Gasteiger partial charge in [-0.2, -0.15) is 0 Å². The fraction of sp³-hybridized carbons (Fsp3) is 0.344. The number of rotatable bonds is 11. The maximum absolute atomic E-state index is 4.92. The van der Waals surface area contributed by atoms with E-state index in [-0.39, 0.29) is 0 Å². The maximum atomic E-state index is 4.92. The van der Waals surface area contributed by atoms with Gasteiger partial charge in [0.15, 0.2) is 0 Å². The van der Waals surface area contributed by atoms with Gasteiger partial charge in [-0.15, -0.1) is 0 Å². The minimum absolute atomic E-state index is 0.680. The second-order valence-electron chi connectivity index (χ2n) is 10.2. The van der Waals surface area contributed by atoms with Crippen molar-refractivity contribution in [2.24, 2.45) is 5.92 Å². The number of nitrogens with zero attached hydrogens (tertiary/aromatic N) is 3. The van der Waals surface area contributed by atoms with Crippen molar-refractivity contribution in [1.29, 1.82) is 0 Å². The predicted octanol–water partition coefficient (Wildman–Crippen LogP) is 7.46. The highest BCUT2D eigenvalue weighted by Crippen LogP contribution is 2.23. The molecule has 182 valence electrons. The zero-order chi connectivity index (χ0) is 24.6. The number of hydrogen-bond acceptors (Lipinski definition) is 2. The van der Waals surface area contributed by atoms with E-state index in [0.717, 1.165) is 38.4 Å². The van der Waals surface area contributed by atoms with Gasteiger partial charge in [-0.1, -0.05) is 104 Å². The topological polar surface area (TPSA) is 21.1 Å². The average molecular weight is 466 g/mol. The second-order valence-corrected chi connectivity index (χ2v) is 10.2. The Hall–Kier alpha value is -3.17. The largest absolute Gasteiger partial charge is 0.326 e. The van der Waals surface area contributed by atoms with E-state index in [9.17, 15) is 0 Å². The van der Waals surface area contributed by atoms with E-state index < -0.39 is 0 Å². The Kier molecular flexibility index (Phi) is 8.54. The van der Waals surface area contributed by atoms with Gasteiger partial charge in [-0.05, 0) is 50.3 Å². The normalized spacial score (nSPS) is 11.5. The lowest BCUT2D eigenvalue weighted by Crippen LogP contribution is -2.26. The Morgan fingerprint density at radius 3 is 2.11 bits per heavy atom. The summed E-state index contributed by atoms with van der Waals surface area (Å²) < 4.78 is 2.44. The van der Waals surface area contributed by atoms with Crippen LogP contribution in [0.3, 0.4) is 0 Å². The summed E-state index contributed by atoms with van der Waals surface area (Å²) in [6, 6.07) is 28.3. The van der Waals surface area contributed by atoms with Crippen LogP contribution in [0, 0.1) is 19.8 Å². The molecule has 1 heterocycles. The molecule has 0 fully saturated rings. The second kappa shape index (κ2) is 12.0. The zero-order valence-corrected chi connectivity index (χ0v) is 21.7. The molecule has 0 spiro atoms. The van der Waals surface area contributed by atoms with E-state index >= 15 is 0 Å². The van der Waals surface area contributed by atoms with Crippen LogP contribution in [0.2, 0.25) is 0 Å². The summed E-state index contributed by atoms with van der Waals surface area (Å²) in [5, 5.41) is 0. The molecule has 4 rings (SSSR count). The predicted molar refractivity (Wildman–Crippen MR) is 147 cm³/mol. The molecular formula is C32H39N3. The molecule has 0 saturated carbocycles. The van der Waals surface area contributed by atoms with Crippen LogP contribution < -0.4 is 0 Å². The number of hydrogen-bond donors (Lipinski definition) is 0.